The van der Waals surface area contributed by atoms with Gasteiger partial charge in [0, 0.05) is 30.9 Å². The van der Waals surface area contributed by atoms with Crippen molar-refractivity contribution < 1.29 is 9.53 Å². The summed E-state index contributed by atoms with van der Waals surface area (Å²) in [6, 6.07) is 7.85. The molecule has 4 rings (SSSR count). The Balaban J connectivity index is 1.40. The van der Waals surface area contributed by atoms with Gasteiger partial charge in [0.2, 0.25) is 11.9 Å². The average molecular weight is 373 g/mol. The highest BCUT2D eigenvalue weighted by Crippen LogP contribution is 2.41. The van der Waals surface area contributed by atoms with Crippen LogP contribution in [0.2, 0.25) is 0 Å². The summed E-state index contributed by atoms with van der Waals surface area (Å²) in [4.78, 5) is 14.6. The van der Waals surface area contributed by atoms with Crippen molar-refractivity contribution in [2.75, 3.05) is 36.2 Å². The molecular weight excluding hydrogens is 350 g/mol. The molecule has 1 aromatic carbocycles. The van der Waals surface area contributed by atoms with E-state index in [1.165, 1.54) is 37.4 Å². The standard InChI is InChI=1S/C18H23N5O2S/c1-25-15-6-4-5-13(11-15)19-16(24)12-26-18-21-20-17(22-9-2-3-10-22)23(18)14-7-8-14/h4-6,11,14H,2-3,7-10,12H2,1H3,(H,19,24). The van der Waals surface area contributed by atoms with Crippen molar-refractivity contribution in [2.45, 2.75) is 36.9 Å². The van der Waals surface area contributed by atoms with Crippen molar-refractivity contribution in [1.82, 2.24) is 14.8 Å². The molecule has 1 aliphatic carbocycles. The third-order valence-corrected chi connectivity index (χ3v) is 5.58. The highest BCUT2D eigenvalue weighted by molar-refractivity contribution is 7.99. The minimum atomic E-state index is -0.0590. The van der Waals surface area contributed by atoms with Gasteiger partial charge in [-0.05, 0) is 37.8 Å². The zero-order valence-electron chi connectivity index (χ0n) is 14.9. The first-order valence-corrected chi connectivity index (χ1v) is 10.00. The molecular formula is C18H23N5O2S. The van der Waals surface area contributed by atoms with Gasteiger partial charge in [0.25, 0.3) is 0 Å². The van der Waals surface area contributed by atoms with E-state index in [2.05, 4.69) is 25.0 Å². The molecule has 2 heterocycles. The van der Waals surface area contributed by atoms with Gasteiger partial charge in [0.1, 0.15) is 5.75 Å². The SMILES string of the molecule is COc1cccc(NC(=O)CSc2nnc(N3CCCC3)n2C2CC2)c1. The van der Waals surface area contributed by atoms with Crippen molar-refractivity contribution in [3.63, 3.8) is 0 Å². The zero-order valence-corrected chi connectivity index (χ0v) is 15.7. The van der Waals surface area contributed by atoms with Crippen molar-refractivity contribution in [2.24, 2.45) is 0 Å². The molecule has 8 heteroatoms. The number of methoxy groups -OCH3 is 1. The summed E-state index contributed by atoms with van der Waals surface area (Å²) in [6.07, 6.45) is 4.76. The molecule has 0 bridgehead atoms. The number of amides is 1. The Bertz CT molecular complexity index is 784. The summed E-state index contributed by atoms with van der Waals surface area (Å²) >= 11 is 1.45. The second-order valence-corrected chi connectivity index (χ2v) is 7.59. The molecule has 138 valence electrons. The quantitative estimate of drug-likeness (QED) is 0.753. The number of thioether (sulfide) groups is 1. The Morgan fingerprint density at radius 1 is 1.31 bits per heavy atom. The van der Waals surface area contributed by atoms with Crippen molar-refractivity contribution in [1.29, 1.82) is 0 Å². The molecule has 0 atom stereocenters. The molecule has 2 aromatic rings. The predicted molar refractivity (Wildman–Crippen MR) is 102 cm³/mol. The van der Waals surface area contributed by atoms with E-state index < -0.39 is 0 Å². The van der Waals surface area contributed by atoms with Crippen LogP contribution in [0.15, 0.2) is 29.4 Å². The maximum atomic E-state index is 12.3. The summed E-state index contributed by atoms with van der Waals surface area (Å²) in [7, 11) is 1.61. The first-order valence-electron chi connectivity index (χ1n) is 9.01. The predicted octanol–water partition coefficient (Wildman–Crippen LogP) is 2.95. The Morgan fingerprint density at radius 3 is 2.85 bits per heavy atom. The van der Waals surface area contributed by atoms with Crippen LogP contribution < -0.4 is 15.0 Å². The number of ether oxygens (including phenoxy) is 1. The summed E-state index contributed by atoms with van der Waals surface area (Å²) in [5.41, 5.74) is 0.733. The van der Waals surface area contributed by atoms with Gasteiger partial charge in [-0.3, -0.25) is 9.36 Å². The van der Waals surface area contributed by atoms with Crippen LogP contribution in [-0.2, 0) is 4.79 Å². The molecule has 1 saturated heterocycles. The van der Waals surface area contributed by atoms with Crippen LogP contribution in [0, 0.1) is 0 Å². The Hall–Kier alpha value is -2.22. The van der Waals surface area contributed by atoms with Crippen LogP contribution in [0.3, 0.4) is 0 Å². The van der Waals surface area contributed by atoms with Crippen molar-refractivity contribution in [3.05, 3.63) is 24.3 Å². The molecule has 1 aromatic heterocycles. The van der Waals surface area contributed by atoms with Crippen LogP contribution in [-0.4, -0.2) is 46.6 Å². The lowest BCUT2D eigenvalue weighted by Gasteiger charge is -2.17. The minimum absolute atomic E-state index is 0.0590. The van der Waals surface area contributed by atoms with Crippen LogP contribution in [0.25, 0.3) is 0 Å². The highest BCUT2D eigenvalue weighted by atomic mass is 32.2. The lowest BCUT2D eigenvalue weighted by Crippen LogP contribution is -2.22. The molecule has 2 aliphatic rings. The number of benzene rings is 1. The lowest BCUT2D eigenvalue weighted by atomic mass is 10.3. The number of nitrogens with one attached hydrogen (secondary N) is 1. The molecule has 1 amide bonds. The maximum Gasteiger partial charge on any atom is 0.234 e. The van der Waals surface area contributed by atoms with Crippen LogP contribution >= 0.6 is 11.8 Å². The molecule has 0 radical (unpaired) electrons. The number of carbonyl (C=O) groups is 1. The summed E-state index contributed by atoms with van der Waals surface area (Å²) in [5, 5.41) is 12.5. The first kappa shape index (κ1) is 17.2. The molecule has 1 aliphatic heterocycles. The molecule has 0 spiro atoms. The summed E-state index contributed by atoms with van der Waals surface area (Å²) in [6.45, 7) is 2.09. The number of hydrogen-bond acceptors (Lipinski definition) is 6. The van der Waals surface area contributed by atoms with Crippen molar-refractivity contribution >= 4 is 29.3 Å². The number of aromatic nitrogens is 3. The molecule has 7 nitrogen and oxygen atoms in total. The third kappa shape index (κ3) is 3.80. The van der Waals surface area contributed by atoms with E-state index in [0.29, 0.717) is 11.8 Å². The van der Waals surface area contributed by atoms with Gasteiger partial charge in [-0.2, -0.15) is 0 Å². The molecule has 1 N–H and O–H groups in total. The monoisotopic (exact) mass is 373 g/mol. The van der Waals surface area contributed by atoms with E-state index in [4.69, 9.17) is 4.74 Å². The first-order chi connectivity index (χ1) is 12.7. The minimum Gasteiger partial charge on any atom is -0.497 e. The van der Waals surface area contributed by atoms with E-state index in [1.807, 2.05) is 18.2 Å². The number of rotatable bonds is 7. The van der Waals surface area contributed by atoms with E-state index in [-0.39, 0.29) is 5.91 Å². The topological polar surface area (TPSA) is 72.3 Å². The normalized spacial score (nSPS) is 16.7. The fraction of sp³-hybridized carbons (Fsp3) is 0.500. The second kappa shape index (κ2) is 7.57. The number of hydrogen-bond donors (Lipinski definition) is 1. The highest BCUT2D eigenvalue weighted by Gasteiger charge is 2.32. The van der Waals surface area contributed by atoms with Crippen LogP contribution in [0.1, 0.15) is 31.7 Å². The fourth-order valence-corrected chi connectivity index (χ4v) is 3.98. The maximum absolute atomic E-state index is 12.3. The summed E-state index contributed by atoms with van der Waals surface area (Å²) < 4.78 is 7.41. The zero-order chi connectivity index (χ0) is 17.9. The van der Waals surface area contributed by atoms with Gasteiger partial charge >= 0.3 is 0 Å². The van der Waals surface area contributed by atoms with Gasteiger partial charge in [0.15, 0.2) is 5.16 Å². The molecule has 1 saturated carbocycles. The van der Waals surface area contributed by atoms with Gasteiger partial charge in [-0.25, -0.2) is 0 Å². The number of nitrogens with zero attached hydrogens (tertiary/aromatic N) is 4. The Morgan fingerprint density at radius 2 is 2.12 bits per heavy atom. The largest absolute Gasteiger partial charge is 0.497 e. The second-order valence-electron chi connectivity index (χ2n) is 6.65. The Labute approximate surface area is 157 Å². The van der Waals surface area contributed by atoms with Gasteiger partial charge in [-0.15, -0.1) is 10.2 Å². The average Bonchev–Trinajstić information content (AvgIpc) is 3.18. The Kier molecular flexibility index (Phi) is 5.01. The van der Waals surface area contributed by atoms with E-state index in [1.54, 1.807) is 13.2 Å². The number of anilines is 2. The molecule has 0 unspecified atom stereocenters. The third-order valence-electron chi connectivity index (χ3n) is 4.63. The van der Waals surface area contributed by atoms with Gasteiger partial charge in [0.05, 0.1) is 12.9 Å². The van der Waals surface area contributed by atoms with Gasteiger partial charge < -0.3 is 15.0 Å². The fourth-order valence-electron chi connectivity index (χ4n) is 3.18. The van der Waals surface area contributed by atoms with E-state index >= 15 is 0 Å². The van der Waals surface area contributed by atoms with Crippen molar-refractivity contribution in [3.8, 4) is 5.75 Å². The molecule has 26 heavy (non-hydrogen) atoms. The number of carbonyl (C=O) groups excluding carboxylic acids is 1. The summed E-state index contributed by atoms with van der Waals surface area (Å²) in [5.74, 6) is 1.94. The van der Waals surface area contributed by atoms with Crippen LogP contribution in [0.4, 0.5) is 11.6 Å². The van der Waals surface area contributed by atoms with E-state index in [9.17, 15) is 4.79 Å². The smallest absolute Gasteiger partial charge is 0.234 e. The van der Waals surface area contributed by atoms with Gasteiger partial charge in [-0.1, -0.05) is 17.8 Å². The lowest BCUT2D eigenvalue weighted by molar-refractivity contribution is -0.113. The molecule has 2 fully saturated rings. The van der Waals surface area contributed by atoms with E-state index in [0.717, 1.165) is 35.6 Å². The van der Waals surface area contributed by atoms with Crippen LogP contribution in [0.5, 0.6) is 5.75 Å².